The monoisotopic (exact) mass is 483 g/mol. The van der Waals surface area contributed by atoms with Crippen LogP contribution < -0.4 is 4.74 Å². The number of nitro groups is 1. The first-order valence-electron chi connectivity index (χ1n) is 10.5. The summed E-state index contributed by atoms with van der Waals surface area (Å²) in [6.07, 6.45) is 1.56. The molecule has 3 amide bonds. The molecule has 176 valence electrons. The van der Waals surface area contributed by atoms with Crippen LogP contribution in [0.3, 0.4) is 0 Å². The Morgan fingerprint density at radius 1 is 1.15 bits per heavy atom. The van der Waals surface area contributed by atoms with Gasteiger partial charge in [0.2, 0.25) is 5.91 Å². The fourth-order valence-corrected chi connectivity index (χ4v) is 4.34. The minimum atomic E-state index is -0.525. The summed E-state index contributed by atoms with van der Waals surface area (Å²) >= 11 is 0.774. The van der Waals surface area contributed by atoms with Crippen LogP contribution in [0.5, 0.6) is 5.75 Å². The molecule has 2 aliphatic heterocycles. The van der Waals surface area contributed by atoms with Crippen molar-refractivity contribution in [3.63, 3.8) is 0 Å². The molecule has 2 saturated heterocycles. The van der Waals surface area contributed by atoms with E-state index >= 15 is 0 Å². The van der Waals surface area contributed by atoms with Gasteiger partial charge in [0.15, 0.2) is 0 Å². The average Bonchev–Trinajstić information content (AvgIpc) is 3.10. The summed E-state index contributed by atoms with van der Waals surface area (Å²) < 4.78 is 10.9. The molecule has 2 aliphatic rings. The molecule has 0 unspecified atom stereocenters. The van der Waals surface area contributed by atoms with Crippen molar-refractivity contribution in [1.29, 1.82) is 0 Å². The van der Waals surface area contributed by atoms with Crippen LogP contribution in [0.2, 0.25) is 0 Å². The van der Waals surface area contributed by atoms with Crippen LogP contribution in [0.15, 0.2) is 53.4 Å². The quantitative estimate of drug-likeness (QED) is 0.335. The molecule has 0 bridgehead atoms. The van der Waals surface area contributed by atoms with Crippen LogP contribution in [0.4, 0.5) is 10.5 Å². The van der Waals surface area contributed by atoms with Gasteiger partial charge in [-0.2, -0.15) is 0 Å². The number of carbonyl (C=O) groups is 3. The lowest BCUT2D eigenvalue weighted by atomic mass is 10.2. The van der Waals surface area contributed by atoms with E-state index in [-0.39, 0.29) is 29.7 Å². The molecule has 2 heterocycles. The highest BCUT2D eigenvalue weighted by molar-refractivity contribution is 8.18. The maximum atomic E-state index is 12.8. The summed E-state index contributed by atoms with van der Waals surface area (Å²) in [4.78, 5) is 51.0. The highest BCUT2D eigenvalue weighted by Gasteiger charge is 2.37. The van der Waals surface area contributed by atoms with E-state index in [2.05, 4.69) is 0 Å². The first kappa shape index (κ1) is 23.5. The molecule has 0 spiro atoms. The number of hydrogen-bond donors (Lipinski definition) is 0. The van der Waals surface area contributed by atoms with Crippen LogP contribution in [0, 0.1) is 10.1 Å². The third-order valence-corrected chi connectivity index (χ3v) is 6.18. The van der Waals surface area contributed by atoms with E-state index < -0.39 is 16.1 Å². The molecule has 0 N–H and O–H groups in total. The van der Waals surface area contributed by atoms with Gasteiger partial charge in [-0.1, -0.05) is 24.3 Å². The van der Waals surface area contributed by atoms with Crippen LogP contribution >= 0.6 is 11.8 Å². The first-order valence-corrected chi connectivity index (χ1v) is 11.3. The third kappa shape index (κ3) is 5.43. The Morgan fingerprint density at radius 2 is 1.91 bits per heavy atom. The Bertz CT molecular complexity index is 1160. The van der Waals surface area contributed by atoms with E-state index in [1.807, 2.05) is 0 Å². The second-order valence-corrected chi connectivity index (χ2v) is 8.50. The maximum Gasteiger partial charge on any atom is 0.294 e. The van der Waals surface area contributed by atoms with E-state index in [0.717, 1.165) is 16.7 Å². The van der Waals surface area contributed by atoms with Crippen molar-refractivity contribution >= 4 is 40.6 Å². The molecule has 0 aromatic heterocycles. The Morgan fingerprint density at radius 3 is 2.68 bits per heavy atom. The molecule has 10 nitrogen and oxygen atoms in total. The Hall–Kier alpha value is -3.70. The fourth-order valence-electron chi connectivity index (χ4n) is 3.50. The number of rotatable bonds is 7. The smallest absolute Gasteiger partial charge is 0.294 e. The van der Waals surface area contributed by atoms with Crippen LogP contribution in [-0.2, 0) is 20.9 Å². The maximum absolute atomic E-state index is 12.8. The second-order valence-electron chi connectivity index (χ2n) is 7.51. The van der Waals surface area contributed by atoms with Crippen molar-refractivity contribution in [1.82, 2.24) is 9.80 Å². The summed E-state index contributed by atoms with van der Waals surface area (Å²) in [5.41, 5.74) is 1.02. The molecular formula is C23H21N3O7S. The Balaban J connectivity index is 1.42. The lowest BCUT2D eigenvalue weighted by molar-refractivity contribution is -0.385. The standard InChI is InChI=1S/C23H21N3O7S/c27-21(24-8-10-32-11-9-24)14-25-22(28)20(34-23(25)29)13-16-4-3-6-18(12-16)33-15-17-5-1-2-7-19(17)26(30)31/h1-7,12-13H,8-11,14-15H2/b20-13-. The fraction of sp³-hybridized carbons (Fsp3) is 0.261. The normalized spacial score (nSPS) is 17.4. The van der Waals surface area contributed by atoms with E-state index in [1.165, 1.54) is 6.07 Å². The van der Waals surface area contributed by atoms with Gasteiger partial charge in [0.05, 0.1) is 28.6 Å². The van der Waals surface area contributed by atoms with Crippen molar-refractivity contribution in [2.24, 2.45) is 0 Å². The van der Waals surface area contributed by atoms with E-state index in [1.54, 1.807) is 53.4 Å². The summed E-state index contributed by atoms with van der Waals surface area (Å²) in [6.45, 7) is 1.43. The van der Waals surface area contributed by atoms with E-state index in [4.69, 9.17) is 9.47 Å². The molecule has 11 heteroatoms. The van der Waals surface area contributed by atoms with Crippen molar-refractivity contribution in [2.45, 2.75) is 6.61 Å². The molecule has 2 aromatic rings. The zero-order valence-electron chi connectivity index (χ0n) is 18.0. The summed E-state index contributed by atoms with van der Waals surface area (Å²) in [6, 6.07) is 13.1. The lowest BCUT2D eigenvalue weighted by Crippen LogP contribution is -2.46. The molecular weight excluding hydrogens is 462 g/mol. The number of nitrogens with zero attached hydrogens (tertiary/aromatic N) is 3. The van der Waals surface area contributed by atoms with Gasteiger partial charge in [-0.15, -0.1) is 0 Å². The molecule has 0 saturated carbocycles. The summed E-state index contributed by atoms with van der Waals surface area (Å²) in [5, 5.41) is 10.7. The summed E-state index contributed by atoms with van der Waals surface area (Å²) in [7, 11) is 0. The molecule has 34 heavy (non-hydrogen) atoms. The Labute approximate surface area is 199 Å². The number of imide groups is 1. The van der Waals surface area contributed by atoms with Gasteiger partial charge in [-0.05, 0) is 41.6 Å². The first-order chi connectivity index (χ1) is 16.4. The zero-order chi connectivity index (χ0) is 24.1. The predicted octanol–water partition coefficient (Wildman–Crippen LogP) is 3.07. The molecule has 0 atom stereocenters. The highest BCUT2D eigenvalue weighted by Crippen LogP contribution is 2.33. The minimum Gasteiger partial charge on any atom is -0.489 e. The van der Waals surface area contributed by atoms with Gasteiger partial charge < -0.3 is 14.4 Å². The number of ether oxygens (including phenoxy) is 2. The topological polar surface area (TPSA) is 119 Å². The largest absolute Gasteiger partial charge is 0.489 e. The molecule has 2 aromatic carbocycles. The average molecular weight is 484 g/mol. The lowest BCUT2D eigenvalue weighted by Gasteiger charge is -2.28. The predicted molar refractivity (Wildman–Crippen MR) is 124 cm³/mol. The van der Waals surface area contributed by atoms with E-state index in [0.29, 0.717) is 43.2 Å². The minimum absolute atomic E-state index is 0.000768. The van der Waals surface area contributed by atoms with Crippen molar-refractivity contribution in [2.75, 3.05) is 32.8 Å². The number of amides is 3. The number of hydrogen-bond acceptors (Lipinski definition) is 8. The van der Waals surface area contributed by atoms with Gasteiger partial charge in [0.25, 0.3) is 16.8 Å². The van der Waals surface area contributed by atoms with Gasteiger partial charge in [0.1, 0.15) is 18.9 Å². The number of benzene rings is 2. The van der Waals surface area contributed by atoms with Crippen molar-refractivity contribution in [3.05, 3.63) is 74.7 Å². The van der Waals surface area contributed by atoms with Crippen LogP contribution in [-0.4, -0.2) is 64.6 Å². The van der Waals surface area contributed by atoms with Crippen LogP contribution in [0.25, 0.3) is 6.08 Å². The van der Waals surface area contributed by atoms with Crippen molar-refractivity contribution in [3.8, 4) is 5.75 Å². The summed E-state index contributed by atoms with van der Waals surface area (Å²) in [5.74, 6) is -0.367. The highest BCUT2D eigenvalue weighted by atomic mass is 32.2. The zero-order valence-corrected chi connectivity index (χ0v) is 18.9. The number of nitro benzene ring substituents is 1. The van der Waals surface area contributed by atoms with E-state index in [9.17, 15) is 24.5 Å². The third-order valence-electron chi connectivity index (χ3n) is 5.27. The van der Waals surface area contributed by atoms with Gasteiger partial charge in [-0.25, -0.2) is 0 Å². The molecule has 0 radical (unpaired) electrons. The number of para-hydroxylation sites is 1. The molecule has 2 fully saturated rings. The second kappa shape index (κ2) is 10.5. The number of morpholine rings is 1. The van der Waals surface area contributed by atoms with Gasteiger partial charge >= 0.3 is 0 Å². The molecule has 0 aliphatic carbocycles. The number of carbonyl (C=O) groups excluding carboxylic acids is 3. The van der Waals surface area contributed by atoms with Crippen LogP contribution in [0.1, 0.15) is 11.1 Å². The Kier molecular flexibility index (Phi) is 7.24. The number of thioether (sulfide) groups is 1. The molecule has 4 rings (SSSR count). The van der Waals surface area contributed by atoms with Crippen molar-refractivity contribution < 1.29 is 28.8 Å². The van der Waals surface area contributed by atoms with Gasteiger partial charge in [0, 0.05) is 19.2 Å². The van der Waals surface area contributed by atoms with Gasteiger partial charge in [-0.3, -0.25) is 29.4 Å². The SMILES string of the molecule is O=C(CN1C(=O)S/C(=C\c2cccc(OCc3ccccc3[N+](=O)[O-])c2)C1=O)N1CCOCC1.